The number of nitrogens with zero attached hydrogens (tertiary/aromatic N) is 1. The van der Waals surface area contributed by atoms with E-state index in [1.54, 1.807) is 6.92 Å². The van der Waals surface area contributed by atoms with E-state index in [0.717, 1.165) is 17.0 Å². The summed E-state index contributed by atoms with van der Waals surface area (Å²) in [6.45, 7) is 3.73. The fourth-order valence-corrected chi connectivity index (χ4v) is 3.00. The molecule has 2 rings (SSSR count). The van der Waals surface area contributed by atoms with Gasteiger partial charge in [-0.05, 0) is 18.9 Å². The quantitative estimate of drug-likeness (QED) is 0.857. The van der Waals surface area contributed by atoms with Crippen LogP contribution in [0.25, 0.3) is 0 Å². The van der Waals surface area contributed by atoms with Crippen LogP contribution in [0, 0.1) is 6.92 Å². The molecule has 0 radical (unpaired) electrons. The molecule has 22 heavy (non-hydrogen) atoms. The van der Waals surface area contributed by atoms with E-state index >= 15 is 0 Å². The van der Waals surface area contributed by atoms with Crippen LogP contribution in [-0.4, -0.2) is 28.0 Å². The first kappa shape index (κ1) is 16.2. The maximum absolute atomic E-state index is 12.3. The smallest absolute Gasteiger partial charge is 0.326 e. The standard InChI is InChI=1S/C16H18N2O3S/c1-3-13-17-10(2)14(22-13)15(19)18-12(16(20)21)9-11-7-5-4-6-8-11/h4-8,12H,3,9H2,1-2H3,(H,18,19)(H,20,21)/t12-/m0/s1. The number of amides is 1. The maximum Gasteiger partial charge on any atom is 0.326 e. The minimum absolute atomic E-state index is 0.250. The van der Waals surface area contributed by atoms with Gasteiger partial charge in [0.05, 0.1) is 10.7 Å². The molecule has 0 aliphatic carbocycles. The van der Waals surface area contributed by atoms with Crippen LogP contribution in [0.3, 0.4) is 0 Å². The molecular formula is C16H18N2O3S. The summed E-state index contributed by atoms with van der Waals surface area (Å²) in [4.78, 5) is 28.5. The van der Waals surface area contributed by atoms with E-state index in [0.29, 0.717) is 10.6 Å². The highest BCUT2D eigenvalue weighted by Crippen LogP contribution is 2.18. The largest absolute Gasteiger partial charge is 0.480 e. The highest BCUT2D eigenvalue weighted by molar-refractivity contribution is 7.13. The monoisotopic (exact) mass is 318 g/mol. The number of aromatic nitrogens is 1. The van der Waals surface area contributed by atoms with Gasteiger partial charge in [-0.2, -0.15) is 0 Å². The number of hydrogen-bond donors (Lipinski definition) is 2. The normalized spacial score (nSPS) is 11.9. The number of nitrogens with one attached hydrogen (secondary N) is 1. The van der Waals surface area contributed by atoms with Crippen molar-refractivity contribution in [2.24, 2.45) is 0 Å². The van der Waals surface area contributed by atoms with Gasteiger partial charge in [0.1, 0.15) is 10.9 Å². The van der Waals surface area contributed by atoms with Gasteiger partial charge in [-0.1, -0.05) is 37.3 Å². The van der Waals surface area contributed by atoms with Crippen molar-refractivity contribution in [1.82, 2.24) is 10.3 Å². The number of carboxylic acid groups (broad SMARTS) is 1. The molecule has 2 N–H and O–H groups in total. The van der Waals surface area contributed by atoms with Crippen molar-refractivity contribution in [3.8, 4) is 0 Å². The maximum atomic E-state index is 12.3. The number of rotatable bonds is 6. The number of aryl methyl sites for hydroxylation is 2. The molecule has 1 aromatic heterocycles. The Bertz CT molecular complexity index is 667. The Balaban J connectivity index is 2.12. The van der Waals surface area contributed by atoms with Crippen molar-refractivity contribution >= 4 is 23.2 Å². The first-order chi connectivity index (χ1) is 10.5. The summed E-state index contributed by atoms with van der Waals surface area (Å²) >= 11 is 1.31. The van der Waals surface area contributed by atoms with E-state index in [1.165, 1.54) is 11.3 Å². The van der Waals surface area contributed by atoms with E-state index in [4.69, 9.17) is 0 Å². The molecule has 0 fully saturated rings. The molecule has 1 aromatic carbocycles. The van der Waals surface area contributed by atoms with Gasteiger partial charge in [0.2, 0.25) is 0 Å². The molecule has 1 heterocycles. The van der Waals surface area contributed by atoms with Crippen molar-refractivity contribution in [3.63, 3.8) is 0 Å². The van der Waals surface area contributed by atoms with Crippen molar-refractivity contribution in [3.05, 3.63) is 51.5 Å². The van der Waals surface area contributed by atoms with E-state index in [9.17, 15) is 14.7 Å². The Morgan fingerprint density at radius 3 is 2.55 bits per heavy atom. The van der Waals surface area contributed by atoms with Crippen molar-refractivity contribution < 1.29 is 14.7 Å². The number of carboxylic acids is 1. The van der Waals surface area contributed by atoms with Crippen LogP contribution in [0.2, 0.25) is 0 Å². The molecule has 0 saturated carbocycles. The second-order valence-corrected chi connectivity index (χ2v) is 6.01. The Morgan fingerprint density at radius 1 is 1.32 bits per heavy atom. The highest BCUT2D eigenvalue weighted by Gasteiger charge is 2.23. The van der Waals surface area contributed by atoms with E-state index in [1.807, 2.05) is 37.3 Å². The number of carbonyl (C=O) groups excluding carboxylic acids is 1. The summed E-state index contributed by atoms with van der Waals surface area (Å²) in [6.07, 6.45) is 1.01. The van der Waals surface area contributed by atoms with Crippen molar-refractivity contribution in [1.29, 1.82) is 0 Å². The second kappa shape index (κ2) is 7.17. The number of carbonyl (C=O) groups is 2. The Morgan fingerprint density at radius 2 is 2.00 bits per heavy atom. The van der Waals surface area contributed by atoms with E-state index in [-0.39, 0.29) is 12.3 Å². The summed E-state index contributed by atoms with van der Waals surface area (Å²) in [5, 5.41) is 12.8. The predicted octanol–water partition coefficient (Wildman–Crippen LogP) is 2.44. The first-order valence-electron chi connectivity index (χ1n) is 7.05. The molecule has 1 atom stereocenters. The summed E-state index contributed by atoms with van der Waals surface area (Å²) in [5.74, 6) is -1.42. The molecule has 0 bridgehead atoms. The van der Waals surface area contributed by atoms with Crippen LogP contribution in [0.5, 0.6) is 0 Å². The summed E-state index contributed by atoms with van der Waals surface area (Å²) < 4.78 is 0. The molecule has 2 aromatic rings. The number of hydrogen-bond acceptors (Lipinski definition) is 4. The first-order valence-corrected chi connectivity index (χ1v) is 7.86. The lowest BCUT2D eigenvalue weighted by atomic mass is 10.1. The minimum atomic E-state index is -1.05. The lowest BCUT2D eigenvalue weighted by Crippen LogP contribution is -2.42. The van der Waals surface area contributed by atoms with Gasteiger partial charge in [0, 0.05) is 6.42 Å². The third-order valence-electron chi connectivity index (χ3n) is 3.24. The molecule has 0 unspecified atom stereocenters. The molecule has 0 aliphatic rings. The zero-order valence-electron chi connectivity index (χ0n) is 12.5. The minimum Gasteiger partial charge on any atom is -0.480 e. The SMILES string of the molecule is CCc1nc(C)c(C(=O)N[C@@H](Cc2ccccc2)C(=O)O)s1. The number of benzene rings is 1. The van der Waals surface area contributed by atoms with Crippen LogP contribution in [0.4, 0.5) is 0 Å². The second-order valence-electron chi connectivity index (χ2n) is 4.93. The fraction of sp³-hybridized carbons (Fsp3) is 0.312. The van der Waals surface area contributed by atoms with E-state index in [2.05, 4.69) is 10.3 Å². The summed E-state index contributed by atoms with van der Waals surface area (Å²) in [7, 11) is 0. The zero-order chi connectivity index (χ0) is 16.1. The van der Waals surface area contributed by atoms with Crippen molar-refractivity contribution in [2.75, 3.05) is 0 Å². The third kappa shape index (κ3) is 3.92. The lowest BCUT2D eigenvalue weighted by molar-refractivity contribution is -0.139. The van der Waals surface area contributed by atoms with Crippen LogP contribution >= 0.6 is 11.3 Å². The van der Waals surface area contributed by atoms with Gasteiger partial charge in [-0.3, -0.25) is 4.79 Å². The van der Waals surface area contributed by atoms with Gasteiger partial charge in [0.15, 0.2) is 0 Å². The average molecular weight is 318 g/mol. The van der Waals surface area contributed by atoms with Crippen LogP contribution in [0.1, 0.15) is 32.9 Å². The molecular weight excluding hydrogens is 300 g/mol. The lowest BCUT2D eigenvalue weighted by Gasteiger charge is -2.14. The Hall–Kier alpha value is -2.21. The van der Waals surface area contributed by atoms with Gasteiger partial charge >= 0.3 is 5.97 Å². The molecule has 116 valence electrons. The summed E-state index contributed by atoms with van der Waals surface area (Å²) in [6, 6.07) is 8.28. The van der Waals surface area contributed by atoms with Gasteiger partial charge in [-0.15, -0.1) is 11.3 Å². The van der Waals surface area contributed by atoms with Crippen LogP contribution in [-0.2, 0) is 17.6 Å². The van der Waals surface area contributed by atoms with Gasteiger partial charge in [-0.25, -0.2) is 9.78 Å². The number of thiazole rings is 1. The predicted molar refractivity (Wildman–Crippen MR) is 85.3 cm³/mol. The fourth-order valence-electron chi connectivity index (χ4n) is 2.09. The van der Waals surface area contributed by atoms with E-state index < -0.39 is 12.0 Å². The third-order valence-corrected chi connectivity index (χ3v) is 4.54. The molecule has 0 saturated heterocycles. The topological polar surface area (TPSA) is 79.3 Å². The van der Waals surface area contributed by atoms with Crippen LogP contribution < -0.4 is 5.32 Å². The van der Waals surface area contributed by atoms with Crippen molar-refractivity contribution in [2.45, 2.75) is 32.7 Å². The highest BCUT2D eigenvalue weighted by atomic mass is 32.1. The summed E-state index contributed by atoms with van der Waals surface area (Å²) in [5.41, 5.74) is 1.51. The average Bonchev–Trinajstić information content (AvgIpc) is 2.88. The molecule has 5 nitrogen and oxygen atoms in total. The zero-order valence-corrected chi connectivity index (χ0v) is 13.3. The molecule has 0 spiro atoms. The molecule has 1 amide bonds. The molecule has 6 heteroatoms. The number of aliphatic carboxylic acids is 1. The van der Waals surface area contributed by atoms with Crippen LogP contribution in [0.15, 0.2) is 30.3 Å². The van der Waals surface area contributed by atoms with Gasteiger partial charge < -0.3 is 10.4 Å². The Labute approximate surface area is 133 Å². The van der Waals surface area contributed by atoms with Gasteiger partial charge in [0.25, 0.3) is 5.91 Å². The Kier molecular flexibility index (Phi) is 5.27. The molecule has 0 aliphatic heterocycles.